The summed E-state index contributed by atoms with van der Waals surface area (Å²) in [6.07, 6.45) is 11.3. The van der Waals surface area contributed by atoms with Crippen LogP contribution in [0.4, 0.5) is 0 Å². The average Bonchev–Trinajstić information content (AvgIpc) is 3.18. The Labute approximate surface area is 159 Å². The zero-order valence-corrected chi connectivity index (χ0v) is 16.8. The Bertz CT molecular complexity index is 619. The first-order chi connectivity index (χ1) is 12.4. The average molecular weight is 358 g/mol. The minimum absolute atomic E-state index is 0.0391. The fourth-order valence-electron chi connectivity index (χ4n) is 8.13. The van der Waals surface area contributed by atoms with Gasteiger partial charge in [0.25, 0.3) is 0 Å². The molecule has 0 aromatic heterocycles. The van der Waals surface area contributed by atoms with Crippen molar-refractivity contribution in [3.63, 3.8) is 0 Å². The van der Waals surface area contributed by atoms with Crippen molar-refractivity contribution in [2.75, 3.05) is 6.61 Å². The Morgan fingerprint density at radius 2 is 1.88 bits per heavy atom. The van der Waals surface area contributed by atoms with E-state index in [0.717, 1.165) is 36.5 Å². The first kappa shape index (κ1) is 17.6. The molecular formula is C22H35BO3. The Balaban J connectivity index is 1.43. The maximum atomic E-state index is 10.2. The van der Waals surface area contributed by atoms with Gasteiger partial charge in [-0.3, -0.25) is 0 Å². The lowest BCUT2D eigenvalue weighted by Crippen LogP contribution is -2.53. The monoisotopic (exact) mass is 358 g/mol. The summed E-state index contributed by atoms with van der Waals surface area (Å²) in [6, 6.07) is 0. The fraction of sp³-hybridized carbons (Fsp3) is 0.909. The summed E-state index contributed by atoms with van der Waals surface area (Å²) in [5, 5.41) is 10.2. The topological polar surface area (TPSA) is 38.7 Å². The second kappa shape index (κ2) is 6.01. The van der Waals surface area contributed by atoms with Gasteiger partial charge in [-0.05, 0) is 105 Å². The highest BCUT2D eigenvalue weighted by atomic mass is 16.6. The molecule has 0 radical (unpaired) electrons. The van der Waals surface area contributed by atoms with E-state index >= 15 is 0 Å². The molecule has 7 atom stereocenters. The zero-order valence-electron chi connectivity index (χ0n) is 16.8. The molecule has 1 saturated heterocycles. The fourth-order valence-corrected chi connectivity index (χ4v) is 8.13. The number of hydrogen-bond acceptors (Lipinski definition) is 3. The van der Waals surface area contributed by atoms with Crippen LogP contribution in [0.15, 0.2) is 11.3 Å². The van der Waals surface area contributed by atoms with Crippen molar-refractivity contribution in [2.45, 2.75) is 84.6 Å². The van der Waals surface area contributed by atoms with Crippen LogP contribution in [0.5, 0.6) is 0 Å². The van der Waals surface area contributed by atoms with Crippen molar-refractivity contribution in [2.24, 2.45) is 34.5 Å². The van der Waals surface area contributed by atoms with E-state index in [-0.39, 0.29) is 13.2 Å². The van der Waals surface area contributed by atoms with E-state index in [1.807, 2.05) is 6.82 Å². The van der Waals surface area contributed by atoms with Gasteiger partial charge in [0.2, 0.25) is 0 Å². The number of aliphatic hydroxyl groups excluding tert-OH is 1. The van der Waals surface area contributed by atoms with Crippen LogP contribution >= 0.6 is 0 Å². The number of allylic oxidation sites excluding steroid dienone is 1. The van der Waals surface area contributed by atoms with Crippen molar-refractivity contribution in [1.29, 1.82) is 0 Å². The molecule has 0 aromatic rings. The largest absolute Gasteiger partial charge is 0.538 e. The van der Waals surface area contributed by atoms with Crippen LogP contribution in [-0.4, -0.2) is 24.9 Å². The Morgan fingerprint density at radius 1 is 1.04 bits per heavy atom. The summed E-state index contributed by atoms with van der Waals surface area (Å²) < 4.78 is 11.7. The van der Waals surface area contributed by atoms with Crippen LogP contribution in [0.25, 0.3) is 0 Å². The molecule has 0 aromatic carbocycles. The molecule has 0 bridgehead atoms. The second-order valence-electron chi connectivity index (χ2n) is 10.5. The van der Waals surface area contributed by atoms with E-state index in [1.165, 1.54) is 50.7 Å². The molecule has 4 aliphatic carbocycles. The van der Waals surface area contributed by atoms with Crippen LogP contribution in [0.3, 0.4) is 0 Å². The SMILES string of the molecule is CB1OC/C(=C2/CC[C@H]3[C@@H]4CC[C@H]5C[C@H](O)CC[C@]5(C)[C@H]4CC[C@]23C)O1. The van der Waals surface area contributed by atoms with E-state index < -0.39 is 0 Å². The van der Waals surface area contributed by atoms with E-state index in [0.29, 0.717) is 17.4 Å². The van der Waals surface area contributed by atoms with E-state index in [2.05, 4.69) is 13.8 Å². The number of hydrogen-bond donors (Lipinski definition) is 1. The number of fused-ring (bicyclic) bond motifs is 5. The van der Waals surface area contributed by atoms with Crippen molar-refractivity contribution < 1.29 is 14.4 Å². The second-order valence-corrected chi connectivity index (χ2v) is 10.5. The molecule has 5 rings (SSSR count). The van der Waals surface area contributed by atoms with Crippen LogP contribution < -0.4 is 0 Å². The van der Waals surface area contributed by atoms with Crippen LogP contribution in [0.1, 0.15) is 71.6 Å². The highest BCUT2D eigenvalue weighted by Gasteiger charge is 2.59. The molecular weight excluding hydrogens is 323 g/mol. The van der Waals surface area contributed by atoms with Gasteiger partial charge >= 0.3 is 7.12 Å². The number of aliphatic hydroxyl groups is 1. The molecule has 1 heterocycles. The van der Waals surface area contributed by atoms with Gasteiger partial charge in [0.1, 0.15) is 5.76 Å². The molecule has 5 aliphatic rings. The van der Waals surface area contributed by atoms with Crippen LogP contribution in [0, 0.1) is 34.5 Å². The molecule has 4 heteroatoms. The van der Waals surface area contributed by atoms with E-state index in [4.69, 9.17) is 9.31 Å². The standard InChI is InChI=1S/C22H35BO3/c1-21-10-8-15(24)12-14(21)4-5-16-17-6-7-19(20-13-25-23(3)26-20)22(17,2)11-9-18(16)21/h14-18,24H,4-13H2,1-3H3/b20-19+/t14-,15+,16-,17-,18-,21-,22-/m0/s1. The smallest absolute Gasteiger partial charge is 0.522 e. The third-order valence-electron chi connectivity index (χ3n) is 9.52. The van der Waals surface area contributed by atoms with Crippen molar-refractivity contribution in [1.82, 2.24) is 0 Å². The third-order valence-corrected chi connectivity index (χ3v) is 9.52. The summed E-state index contributed by atoms with van der Waals surface area (Å²) >= 11 is 0. The lowest BCUT2D eigenvalue weighted by atomic mass is 9.45. The van der Waals surface area contributed by atoms with Gasteiger partial charge in [0, 0.05) is 0 Å². The summed E-state index contributed by atoms with van der Waals surface area (Å²) in [5.74, 6) is 4.50. The molecule has 26 heavy (non-hydrogen) atoms. The molecule has 1 N–H and O–H groups in total. The van der Waals surface area contributed by atoms with Gasteiger partial charge in [0.05, 0.1) is 12.7 Å². The minimum Gasteiger partial charge on any atom is -0.538 e. The Morgan fingerprint density at radius 3 is 2.65 bits per heavy atom. The van der Waals surface area contributed by atoms with Gasteiger partial charge in [-0.15, -0.1) is 0 Å². The third kappa shape index (κ3) is 2.40. The van der Waals surface area contributed by atoms with Crippen molar-refractivity contribution in [3.05, 3.63) is 11.3 Å². The molecule has 144 valence electrons. The summed E-state index contributed by atoms with van der Waals surface area (Å²) in [7, 11) is -0.0699. The minimum atomic E-state index is -0.0699. The van der Waals surface area contributed by atoms with Gasteiger partial charge in [0.15, 0.2) is 0 Å². The lowest BCUT2D eigenvalue weighted by Gasteiger charge is -2.60. The summed E-state index contributed by atoms with van der Waals surface area (Å²) in [5.41, 5.74) is 2.40. The first-order valence-electron chi connectivity index (χ1n) is 11.1. The predicted molar refractivity (Wildman–Crippen MR) is 103 cm³/mol. The lowest BCUT2D eigenvalue weighted by molar-refractivity contribution is -0.116. The highest BCUT2D eigenvalue weighted by Crippen LogP contribution is 2.67. The quantitative estimate of drug-likeness (QED) is 0.632. The highest BCUT2D eigenvalue weighted by molar-refractivity contribution is 6.43. The maximum absolute atomic E-state index is 10.2. The molecule has 1 aliphatic heterocycles. The van der Waals surface area contributed by atoms with E-state index in [9.17, 15) is 5.11 Å². The van der Waals surface area contributed by atoms with Gasteiger partial charge in [-0.25, -0.2) is 0 Å². The molecule has 0 amide bonds. The summed E-state index contributed by atoms with van der Waals surface area (Å²) in [4.78, 5) is 0. The van der Waals surface area contributed by atoms with Crippen LogP contribution in [0.2, 0.25) is 6.82 Å². The molecule has 0 unspecified atom stereocenters. The molecule has 4 saturated carbocycles. The Hall–Kier alpha value is -0.475. The van der Waals surface area contributed by atoms with Crippen molar-refractivity contribution >= 4 is 7.12 Å². The molecule has 3 nitrogen and oxygen atoms in total. The predicted octanol–water partition coefficient (Wildman–Crippen LogP) is 4.81. The van der Waals surface area contributed by atoms with Crippen molar-refractivity contribution in [3.8, 4) is 0 Å². The number of rotatable bonds is 0. The van der Waals surface area contributed by atoms with Crippen LogP contribution in [-0.2, 0) is 9.31 Å². The summed E-state index contributed by atoms with van der Waals surface area (Å²) in [6.45, 7) is 7.81. The van der Waals surface area contributed by atoms with Gasteiger partial charge in [-0.1, -0.05) is 13.8 Å². The van der Waals surface area contributed by atoms with Gasteiger partial charge in [-0.2, -0.15) is 0 Å². The Kier molecular flexibility index (Phi) is 4.07. The first-order valence-corrected chi connectivity index (χ1v) is 11.1. The maximum Gasteiger partial charge on any atom is 0.522 e. The molecule has 5 fully saturated rings. The van der Waals surface area contributed by atoms with Gasteiger partial charge < -0.3 is 14.4 Å². The normalized spacial score (nSPS) is 53.7. The van der Waals surface area contributed by atoms with E-state index in [1.54, 1.807) is 5.57 Å². The zero-order chi connectivity index (χ0) is 18.1. The molecule has 0 spiro atoms.